The first-order valence-corrected chi connectivity index (χ1v) is 10.3. The SMILES string of the molecule is CCNC(=O)CC1=CSC2=NC(CC)=C(C(=O)OC)C(c3ccc(C)cc3)N12. The zero-order valence-electron chi connectivity index (χ0n) is 16.6. The molecule has 28 heavy (non-hydrogen) atoms. The molecule has 6 nitrogen and oxygen atoms in total. The normalized spacial score (nSPS) is 18.4. The van der Waals surface area contributed by atoms with Crippen LogP contribution in [0, 0.1) is 6.92 Å². The number of ether oxygens (including phenoxy) is 1. The van der Waals surface area contributed by atoms with E-state index in [0.29, 0.717) is 18.5 Å². The molecule has 1 amide bonds. The lowest BCUT2D eigenvalue weighted by Gasteiger charge is -2.36. The Balaban J connectivity index is 2.09. The Hall–Kier alpha value is -2.54. The molecule has 1 aromatic rings. The number of carbonyl (C=O) groups is 2. The number of hydrogen-bond donors (Lipinski definition) is 1. The van der Waals surface area contributed by atoms with Crippen molar-refractivity contribution < 1.29 is 14.3 Å². The maximum Gasteiger partial charge on any atom is 0.338 e. The van der Waals surface area contributed by atoms with Crippen molar-refractivity contribution in [3.8, 4) is 0 Å². The number of fused-ring (bicyclic) bond motifs is 1. The number of amidine groups is 1. The Bertz CT molecular complexity index is 871. The topological polar surface area (TPSA) is 71.0 Å². The van der Waals surface area contributed by atoms with Crippen molar-refractivity contribution in [3.63, 3.8) is 0 Å². The summed E-state index contributed by atoms with van der Waals surface area (Å²) in [5, 5.41) is 5.57. The highest BCUT2D eigenvalue weighted by molar-refractivity contribution is 8.16. The lowest BCUT2D eigenvalue weighted by Crippen LogP contribution is -2.38. The molecule has 0 saturated heterocycles. The van der Waals surface area contributed by atoms with Crippen LogP contribution in [-0.4, -0.2) is 35.6 Å². The minimum Gasteiger partial charge on any atom is -0.466 e. The number of nitrogens with one attached hydrogen (secondary N) is 1. The van der Waals surface area contributed by atoms with E-state index in [0.717, 1.165) is 27.7 Å². The number of hydrogen-bond acceptors (Lipinski definition) is 6. The average Bonchev–Trinajstić information content (AvgIpc) is 3.09. The molecule has 148 valence electrons. The van der Waals surface area contributed by atoms with Gasteiger partial charge in [-0.3, -0.25) is 4.79 Å². The molecule has 0 spiro atoms. The van der Waals surface area contributed by atoms with Crippen LogP contribution in [0.2, 0.25) is 0 Å². The van der Waals surface area contributed by atoms with Crippen molar-refractivity contribution in [2.45, 2.75) is 39.7 Å². The first-order chi connectivity index (χ1) is 13.5. The molecule has 1 aromatic carbocycles. The second kappa shape index (κ2) is 8.65. The van der Waals surface area contributed by atoms with E-state index < -0.39 is 0 Å². The fraction of sp³-hybridized carbons (Fsp3) is 0.381. The molecule has 1 atom stereocenters. The Kier molecular flexibility index (Phi) is 6.24. The van der Waals surface area contributed by atoms with Crippen LogP contribution in [0.3, 0.4) is 0 Å². The standard InChI is InChI=1S/C21H25N3O3S/c1-5-16-18(20(26)27-4)19(14-9-7-13(3)8-10-14)24-15(11-17(25)22-6-2)12-28-21(24)23-16/h7-10,12,19H,5-6,11H2,1-4H3,(H,22,25). The number of methoxy groups -OCH3 is 1. The first-order valence-electron chi connectivity index (χ1n) is 9.38. The van der Waals surface area contributed by atoms with Crippen molar-refractivity contribution in [1.29, 1.82) is 0 Å². The molecule has 2 heterocycles. The minimum absolute atomic E-state index is 0.0526. The summed E-state index contributed by atoms with van der Waals surface area (Å²) < 4.78 is 5.10. The number of aliphatic imine (C=N–C) groups is 1. The lowest BCUT2D eigenvalue weighted by molar-refractivity contribution is -0.136. The third kappa shape index (κ3) is 3.85. The van der Waals surface area contributed by atoms with E-state index in [-0.39, 0.29) is 24.3 Å². The number of esters is 1. The summed E-state index contributed by atoms with van der Waals surface area (Å²) >= 11 is 1.48. The third-order valence-corrected chi connectivity index (χ3v) is 5.63. The van der Waals surface area contributed by atoms with Crippen molar-refractivity contribution in [1.82, 2.24) is 10.2 Å². The summed E-state index contributed by atoms with van der Waals surface area (Å²) in [5.41, 5.74) is 4.19. The van der Waals surface area contributed by atoms with Gasteiger partial charge in [0.2, 0.25) is 5.91 Å². The van der Waals surface area contributed by atoms with E-state index in [2.05, 4.69) is 5.32 Å². The van der Waals surface area contributed by atoms with Crippen molar-refractivity contribution in [2.75, 3.05) is 13.7 Å². The molecule has 0 saturated carbocycles. The Morgan fingerprint density at radius 3 is 2.57 bits per heavy atom. The molecule has 1 unspecified atom stereocenters. The van der Waals surface area contributed by atoms with Gasteiger partial charge in [-0.05, 0) is 31.2 Å². The van der Waals surface area contributed by atoms with Crippen LogP contribution in [0.25, 0.3) is 0 Å². The molecular weight excluding hydrogens is 374 g/mol. The maximum atomic E-state index is 12.7. The molecule has 2 aliphatic heterocycles. The Morgan fingerprint density at radius 2 is 1.96 bits per heavy atom. The van der Waals surface area contributed by atoms with E-state index >= 15 is 0 Å². The molecule has 0 aliphatic carbocycles. The highest BCUT2D eigenvalue weighted by atomic mass is 32.2. The van der Waals surface area contributed by atoms with Crippen LogP contribution in [0.5, 0.6) is 0 Å². The summed E-state index contributed by atoms with van der Waals surface area (Å²) in [6, 6.07) is 7.72. The molecule has 2 aliphatic rings. The van der Waals surface area contributed by atoms with Gasteiger partial charge in [0.15, 0.2) is 5.17 Å². The fourth-order valence-corrected chi connectivity index (χ4v) is 4.34. The van der Waals surface area contributed by atoms with Crippen molar-refractivity contribution >= 4 is 28.8 Å². The Labute approximate surface area is 169 Å². The van der Waals surface area contributed by atoms with Crippen LogP contribution in [0.4, 0.5) is 0 Å². The van der Waals surface area contributed by atoms with Gasteiger partial charge >= 0.3 is 5.97 Å². The zero-order valence-corrected chi connectivity index (χ0v) is 17.4. The smallest absolute Gasteiger partial charge is 0.338 e. The van der Waals surface area contributed by atoms with Gasteiger partial charge in [0.25, 0.3) is 0 Å². The monoisotopic (exact) mass is 399 g/mol. The van der Waals surface area contributed by atoms with Crippen molar-refractivity contribution in [3.05, 3.63) is 57.8 Å². The number of carbonyl (C=O) groups excluding carboxylic acids is 2. The van der Waals surface area contributed by atoms with Crippen molar-refractivity contribution in [2.24, 2.45) is 4.99 Å². The summed E-state index contributed by atoms with van der Waals surface area (Å²) in [7, 11) is 1.39. The summed E-state index contributed by atoms with van der Waals surface area (Å²) in [6.07, 6.45) is 0.856. The molecule has 0 fully saturated rings. The van der Waals surface area contributed by atoms with Crippen LogP contribution >= 0.6 is 11.8 Å². The van der Waals surface area contributed by atoms with Gasteiger partial charge < -0.3 is 15.0 Å². The minimum atomic E-state index is -0.389. The summed E-state index contributed by atoms with van der Waals surface area (Å²) in [4.78, 5) is 31.7. The van der Waals surface area contributed by atoms with Crippen LogP contribution in [-0.2, 0) is 14.3 Å². The highest BCUT2D eigenvalue weighted by Crippen LogP contribution is 2.45. The summed E-state index contributed by atoms with van der Waals surface area (Å²) in [5.74, 6) is -0.442. The molecule has 7 heteroatoms. The number of allylic oxidation sites excluding steroid dienone is 1. The van der Waals surface area contributed by atoms with E-state index in [9.17, 15) is 9.59 Å². The van der Waals surface area contributed by atoms with Gasteiger partial charge in [0, 0.05) is 12.2 Å². The number of amides is 1. The van der Waals surface area contributed by atoms with Crippen LogP contribution in [0.15, 0.2) is 51.6 Å². The average molecular weight is 400 g/mol. The van der Waals surface area contributed by atoms with E-state index in [1.54, 1.807) is 0 Å². The molecule has 1 N–H and O–H groups in total. The first kappa shape index (κ1) is 20.2. The van der Waals surface area contributed by atoms with Gasteiger partial charge in [0.1, 0.15) is 0 Å². The van der Waals surface area contributed by atoms with Gasteiger partial charge in [-0.1, -0.05) is 48.5 Å². The second-order valence-electron chi connectivity index (χ2n) is 6.64. The molecule has 0 bridgehead atoms. The molecule has 0 aromatic heterocycles. The predicted molar refractivity (Wildman–Crippen MR) is 112 cm³/mol. The third-order valence-electron chi connectivity index (χ3n) is 4.74. The molecule has 0 radical (unpaired) electrons. The fourth-order valence-electron chi connectivity index (χ4n) is 3.40. The second-order valence-corrected chi connectivity index (χ2v) is 7.48. The largest absolute Gasteiger partial charge is 0.466 e. The number of thioether (sulfide) groups is 1. The van der Waals surface area contributed by atoms with Gasteiger partial charge in [-0.2, -0.15) is 0 Å². The van der Waals surface area contributed by atoms with E-state index in [4.69, 9.17) is 9.73 Å². The summed E-state index contributed by atoms with van der Waals surface area (Å²) in [6.45, 7) is 6.48. The van der Waals surface area contributed by atoms with Gasteiger partial charge in [-0.15, -0.1) is 0 Å². The zero-order chi connectivity index (χ0) is 20.3. The highest BCUT2D eigenvalue weighted by Gasteiger charge is 2.41. The number of rotatable bonds is 6. The maximum absolute atomic E-state index is 12.7. The van der Waals surface area contributed by atoms with Gasteiger partial charge in [-0.25, -0.2) is 9.79 Å². The Morgan fingerprint density at radius 1 is 1.25 bits per heavy atom. The predicted octanol–water partition coefficient (Wildman–Crippen LogP) is 3.66. The quantitative estimate of drug-likeness (QED) is 0.739. The lowest BCUT2D eigenvalue weighted by atomic mass is 9.92. The van der Waals surface area contributed by atoms with E-state index in [1.165, 1.54) is 18.9 Å². The van der Waals surface area contributed by atoms with E-state index in [1.807, 2.05) is 55.3 Å². The molecule has 3 rings (SSSR count). The molecular formula is C21H25N3O3S. The number of benzene rings is 1. The number of nitrogens with zero attached hydrogens (tertiary/aromatic N) is 2. The van der Waals surface area contributed by atoms with Crippen LogP contribution < -0.4 is 5.32 Å². The number of aryl methyl sites for hydroxylation is 1. The van der Waals surface area contributed by atoms with Gasteiger partial charge in [0.05, 0.1) is 30.8 Å². The van der Waals surface area contributed by atoms with Crippen LogP contribution in [0.1, 0.15) is 43.9 Å².